The molecule has 4 aromatic rings. The minimum Gasteiger partial charge on any atom is -0.415 e. The van der Waals surface area contributed by atoms with Crippen LogP contribution in [0.15, 0.2) is 59.5 Å². The zero-order chi connectivity index (χ0) is 19.5. The van der Waals surface area contributed by atoms with E-state index in [0.29, 0.717) is 23.4 Å². The Morgan fingerprint density at radius 3 is 2.71 bits per heavy atom. The highest BCUT2D eigenvalue weighted by Crippen LogP contribution is 2.27. The Labute approximate surface area is 157 Å². The van der Waals surface area contributed by atoms with E-state index in [2.05, 4.69) is 25.1 Å². The van der Waals surface area contributed by atoms with Gasteiger partial charge >= 0.3 is 6.43 Å². The van der Waals surface area contributed by atoms with Gasteiger partial charge in [0, 0.05) is 29.9 Å². The summed E-state index contributed by atoms with van der Waals surface area (Å²) in [7, 11) is 0. The van der Waals surface area contributed by atoms with E-state index in [1.54, 1.807) is 30.5 Å². The molecule has 0 aliphatic carbocycles. The maximum atomic E-state index is 13.5. The minimum atomic E-state index is -2.85. The third-order valence-electron chi connectivity index (χ3n) is 3.95. The number of hydrogen-bond donors (Lipinski definition) is 0. The van der Waals surface area contributed by atoms with Crippen LogP contribution >= 0.6 is 0 Å². The van der Waals surface area contributed by atoms with Gasteiger partial charge in [-0.05, 0) is 29.8 Å². The smallest absolute Gasteiger partial charge is 0.314 e. The maximum absolute atomic E-state index is 13.5. The largest absolute Gasteiger partial charge is 0.415 e. The van der Waals surface area contributed by atoms with Gasteiger partial charge in [0.05, 0.1) is 11.4 Å². The van der Waals surface area contributed by atoms with Crippen molar-refractivity contribution < 1.29 is 17.6 Å². The first-order chi connectivity index (χ1) is 13.6. The Bertz CT molecular complexity index is 1120. The standard InChI is InChI=1S/C19H12F3N5O/c20-14-3-1-2-11(7-14)6-13-9-23-10-25-16(13)15-8-12(4-5-24-15)18-26-27-19(28-18)17(21)22/h1-5,7-10,17H,6H2. The first-order valence-electron chi connectivity index (χ1n) is 8.22. The van der Waals surface area contributed by atoms with Crippen molar-refractivity contribution in [2.24, 2.45) is 0 Å². The van der Waals surface area contributed by atoms with Crippen LogP contribution < -0.4 is 0 Å². The Hall–Kier alpha value is -3.62. The van der Waals surface area contributed by atoms with Crippen molar-refractivity contribution in [1.29, 1.82) is 0 Å². The Morgan fingerprint density at radius 2 is 1.93 bits per heavy atom. The summed E-state index contributed by atoms with van der Waals surface area (Å²) in [5, 5.41) is 6.97. The van der Waals surface area contributed by atoms with Gasteiger partial charge in [-0.3, -0.25) is 4.98 Å². The van der Waals surface area contributed by atoms with Crippen molar-refractivity contribution in [3.8, 4) is 22.8 Å². The SMILES string of the molecule is Fc1cccc(Cc2cncnc2-c2cc(-c3nnc(C(F)F)o3)ccn2)c1. The lowest BCUT2D eigenvalue weighted by molar-refractivity contribution is 0.116. The molecular weight excluding hydrogens is 371 g/mol. The van der Waals surface area contributed by atoms with Gasteiger partial charge in [0.15, 0.2) is 0 Å². The first kappa shape index (κ1) is 17.8. The summed E-state index contributed by atoms with van der Waals surface area (Å²) in [4.78, 5) is 12.6. The van der Waals surface area contributed by atoms with E-state index in [1.807, 2.05) is 0 Å². The van der Waals surface area contributed by atoms with Gasteiger partial charge in [0.2, 0.25) is 5.89 Å². The van der Waals surface area contributed by atoms with Gasteiger partial charge in [-0.2, -0.15) is 8.78 Å². The number of hydrogen-bond acceptors (Lipinski definition) is 6. The number of halogens is 3. The summed E-state index contributed by atoms with van der Waals surface area (Å²) in [6.45, 7) is 0. The number of rotatable bonds is 5. The van der Waals surface area contributed by atoms with Crippen LogP contribution in [0.25, 0.3) is 22.8 Å². The molecule has 0 spiro atoms. The van der Waals surface area contributed by atoms with E-state index < -0.39 is 12.3 Å². The summed E-state index contributed by atoms with van der Waals surface area (Å²) >= 11 is 0. The van der Waals surface area contributed by atoms with E-state index in [9.17, 15) is 13.2 Å². The Balaban J connectivity index is 1.70. The molecule has 0 saturated carbocycles. The molecule has 0 radical (unpaired) electrons. The normalized spacial score (nSPS) is 11.1. The molecular formula is C19H12F3N5O. The van der Waals surface area contributed by atoms with Gasteiger partial charge in [-0.15, -0.1) is 10.2 Å². The molecule has 0 bridgehead atoms. The van der Waals surface area contributed by atoms with Crippen molar-refractivity contribution in [1.82, 2.24) is 25.1 Å². The summed E-state index contributed by atoms with van der Waals surface area (Å²) in [6.07, 6.45) is 2.05. The zero-order valence-electron chi connectivity index (χ0n) is 14.3. The van der Waals surface area contributed by atoms with E-state index in [4.69, 9.17) is 4.42 Å². The van der Waals surface area contributed by atoms with Crippen LogP contribution in [0.5, 0.6) is 0 Å². The van der Waals surface area contributed by atoms with Gasteiger partial charge in [-0.25, -0.2) is 14.4 Å². The molecule has 28 heavy (non-hydrogen) atoms. The Kier molecular flexibility index (Phi) is 4.79. The summed E-state index contributed by atoms with van der Waals surface area (Å²) in [5.74, 6) is -1.12. The second-order valence-corrected chi connectivity index (χ2v) is 5.88. The molecule has 1 aromatic carbocycles. The number of alkyl halides is 2. The van der Waals surface area contributed by atoms with Crippen LogP contribution in [0, 0.1) is 5.82 Å². The minimum absolute atomic E-state index is 0.0420. The number of nitrogens with zero attached hydrogens (tertiary/aromatic N) is 5. The summed E-state index contributed by atoms with van der Waals surface area (Å²) in [6, 6.07) is 9.41. The number of benzene rings is 1. The van der Waals surface area contributed by atoms with Gasteiger partial charge < -0.3 is 4.42 Å². The van der Waals surface area contributed by atoms with Gasteiger partial charge in [-0.1, -0.05) is 12.1 Å². The van der Waals surface area contributed by atoms with Crippen LogP contribution in [0.2, 0.25) is 0 Å². The van der Waals surface area contributed by atoms with Crippen molar-refractivity contribution >= 4 is 0 Å². The van der Waals surface area contributed by atoms with Crippen molar-refractivity contribution in [2.75, 3.05) is 0 Å². The first-order valence-corrected chi connectivity index (χ1v) is 8.22. The van der Waals surface area contributed by atoms with E-state index >= 15 is 0 Å². The maximum Gasteiger partial charge on any atom is 0.314 e. The topological polar surface area (TPSA) is 77.6 Å². The number of aromatic nitrogens is 5. The molecule has 0 fully saturated rings. The van der Waals surface area contributed by atoms with Crippen molar-refractivity contribution in [3.63, 3.8) is 0 Å². The average Bonchev–Trinajstić information content (AvgIpc) is 3.19. The lowest BCUT2D eigenvalue weighted by Gasteiger charge is -2.08. The van der Waals surface area contributed by atoms with Crippen LogP contribution in [-0.2, 0) is 6.42 Å². The molecule has 0 unspecified atom stereocenters. The van der Waals surface area contributed by atoms with Crippen LogP contribution in [-0.4, -0.2) is 25.1 Å². The number of pyridine rings is 1. The zero-order valence-corrected chi connectivity index (χ0v) is 14.3. The monoisotopic (exact) mass is 383 g/mol. The van der Waals surface area contributed by atoms with E-state index in [0.717, 1.165) is 11.1 Å². The fourth-order valence-corrected chi connectivity index (χ4v) is 2.72. The molecule has 6 nitrogen and oxygen atoms in total. The van der Waals surface area contributed by atoms with Crippen molar-refractivity contribution in [3.05, 3.63) is 78.0 Å². The van der Waals surface area contributed by atoms with E-state index in [-0.39, 0.29) is 11.7 Å². The van der Waals surface area contributed by atoms with Crippen LogP contribution in [0.3, 0.4) is 0 Å². The average molecular weight is 383 g/mol. The molecule has 3 aromatic heterocycles. The van der Waals surface area contributed by atoms with Crippen molar-refractivity contribution in [2.45, 2.75) is 12.8 Å². The fraction of sp³-hybridized carbons (Fsp3) is 0.105. The van der Waals surface area contributed by atoms with Crippen LogP contribution in [0.4, 0.5) is 13.2 Å². The molecule has 0 aliphatic rings. The third-order valence-corrected chi connectivity index (χ3v) is 3.95. The molecule has 9 heteroatoms. The second kappa shape index (κ2) is 7.55. The fourth-order valence-electron chi connectivity index (χ4n) is 2.72. The van der Waals surface area contributed by atoms with Gasteiger partial charge in [0.1, 0.15) is 12.1 Å². The summed E-state index contributed by atoms with van der Waals surface area (Å²) in [5.41, 5.74) is 2.93. The molecule has 0 aliphatic heterocycles. The van der Waals surface area contributed by atoms with Gasteiger partial charge in [0.25, 0.3) is 5.89 Å². The summed E-state index contributed by atoms with van der Waals surface area (Å²) < 4.78 is 43.8. The molecule has 0 atom stereocenters. The highest BCUT2D eigenvalue weighted by atomic mass is 19.3. The molecule has 3 heterocycles. The second-order valence-electron chi connectivity index (χ2n) is 5.88. The highest BCUT2D eigenvalue weighted by Gasteiger charge is 2.18. The molecule has 140 valence electrons. The van der Waals surface area contributed by atoms with Crippen LogP contribution in [0.1, 0.15) is 23.4 Å². The van der Waals surface area contributed by atoms with E-state index in [1.165, 1.54) is 24.7 Å². The molecule has 0 N–H and O–H groups in total. The molecule has 0 saturated heterocycles. The molecule has 0 amide bonds. The lowest BCUT2D eigenvalue weighted by atomic mass is 10.0. The predicted molar refractivity (Wildman–Crippen MR) is 92.7 cm³/mol. The quantitative estimate of drug-likeness (QED) is 0.513. The lowest BCUT2D eigenvalue weighted by Crippen LogP contribution is -1.98. The predicted octanol–water partition coefficient (Wildman–Crippen LogP) is 4.26. The highest BCUT2D eigenvalue weighted by molar-refractivity contribution is 5.65. The Morgan fingerprint density at radius 1 is 1.04 bits per heavy atom. The molecule has 4 rings (SSSR count). The third kappa shape index (κ3) is 3.73.